The van der Waals surface area contributed by atoms with Crippen molar-refractivity contribution in [2.45, 2.75) is 32.7 Å². The van der Waals surface area contributed by atoms with Gasteiger partial charge in [0, 0.05) is 18.2 Å². The molecule has 3 rings (SSSR count). The molecule has 2 aromatic heterocycles. The standard InChI is InChI=1S/C20H21NO4S/c1-3-24-16-7-4-6-14-12-17(25-20(14)16)13(2)21-19(23)10-9-15(22)18-8-5-11-26-18/h4-8,11-13H,3,9-10H2,1-2H3,(H,21,23). The summed E-state index contributed by atoms with van der Waals surface area (Å²) < 4.78 is 11.5. The molecule has 1 N–H and O–H groups in total. The topological polar surface area (TPSA) is 68.5 Å². The molecule has 2 heterocycles. The second-order valence-electron chi connectivity index (χ2n) is 5.95. The molecule has 6 heteroatoms. The van der Waals surface area contributed by atoms with E-state index in [4.69, 9.17) is 9.15 Å². The molecule has 1 amide bonds. The predicted molar refractivity (Wildman–Crippen MR) is 102 cm³/mol. The highest BCUT2D eigenvalue weighted by atomic mass is 32.1. The number of furan rings is 1. The number of amides is 1. The molecule has 1 unspecified atom stereocenters. The zero-order valence-corrected chi connectivity index (χ0v) is 15.6. The third-order valence-corrected chi connectivity index (χ3v) is 4.92. The van der Waals surface area contributed by atoms with Gasteiger partial charge in [-0.25, -0.2) is 0 Å². The van der Waals surface area contributed by atoms with Crippen LogP contribution in [0.25, 0.3) is 11.0 Å². The van der Waals surface area contributed by atoms with Gasteiger partial charge in [-0.15, -0.1) is 11.3 Å². The molecular formula is C20H21NO4S. The summed E-state index contributed by atoms with van der Waals surface area (Å²) in [6, 6.07) is 10.9. The molecule has 1 aromatic carbocycles. The monoisotopic (exact) mass is 371 g/mol. The van der Waals surface area contributed by atoms with Crippen molar-refractivity contribution < 1.29 is 18.7 Å². The van der Waals surface area contributed by atoms with Crippen LogP contribution < -0.4 is 10.1 Å². The molecule has 5 nitrogen and oxygen atoms in total. The summed E-state index contributed by atoms with van der Waals surface area (Å²) in [5.74, 6) is 1.17. The van der Waals surface area contributed by atoms with Gasteiger partial charge in [0.2, 0.25) is 5.91 Å². The zero-order chi connectivity index (χ0) is 18.5. The highest BCUT2D eigenvalue weighted by Crippen LogP contribution is 2.31. The third-order valence-electron chi connectivity index (χ3n) is 4.01. The maximum absolute atomic E-state index is 12.2. The van der Waals surface area contributed by atoms with Gasteiger partial charge in [-0.3, -0.25) is 9.59 Å². The lowest BCUT2D eigenvalue weighted by Crippen LogP contribution is -2.26. The molecule has 0 radical (unpaired) electrons. The number of ketones is 1. The van der Waals surface area contributed by atoms with Gasteiger partial charge in [0.05, 0.1) is 17.5 Å². The van der Waals surface area contributed by atoms with E-state index in [2.05, 4.69) is 5.32 Å². The van der Waals surface area contributed by atoms with Crippen molar-refractivity contribution in [2.75, 3.05) is 6.61 Å². The summed E-state index contributed by atoms with van der Waals surface area (Å²) in [5.41, 5.74) is 0.679. The number of rotatable bonds is 8. The summed E-state index contributed by atoms with van der Waals surface area (Å²) in [4.78, 5) is 24.8. The van der Waals surface area contributed by atoms with Crippen molar-refractivity contribution in [1.29, 1.82) is 0 Å². The molecule has 0 aliphatic heterocycles. The highest BCUT2D eigenvalue weighted by Gasteiger charge is 2.17. The zero-order valence-electron chi connectivity index (χ0n) is 14.8. The van der Waals surface area contributed by atoms with Crippen LogP contribution in [0.4, 0.5) is 0 Å². The Morgan fingerprint density at radius 2 is 2.08 bits per heavy atom. The highest BCUT2D eigenvalue weighted by molar-refractivity contribution is 7.12. The fourth-order valence-corrected chi connectivity index (χ4v) is 3.41. The second kappa shape index (κ2) is 8.19. The van der Waals surface area contributed by atoms with E-state index in [1.165, 1.54) is 11.3 Å². The van der Waals surface area contributed by atoms with Crippen molar-refractivity contribution in [1.82, 2.24) is 5.32 Å². The number of fused-ring (bicyclic) bond motifs is 1. The summed E-state index contributed by atoms with van der Waals surface area (Å²) in [5, 5.41) is 5.67. The second-order valence-corrected chi connectivity index (χ2v) is 6.89. The van der Waals surface area contributed by atoms with E-state index in [1.807, 2.05) is 49.6 Å². The SMILES string of the molecule is CCOc1cccc2cc(C(C)NC(=O)CCC(=O)c3cccs3)oc12. The van der Waals surface area contributed by atoms with E-state index >= 15 is 0 Å². The van der Waals surface area contributed by atoms with E-state index in [-0.39, 0.29) is 30.6 Å². The number of benzene rings is 1. The Hall–Kier alpha value is -2.60. The molecule has 26 heavy (non-hydrogen) atoms. The molecule has 0 saturated carbocycles. The quantitative estimate of drug-likeness (QED) is 0.581. The summed E-state index contributed by atoms with van der Waals surface area (Å²) >= 11 is 1.39. The smallest absolute Gasteiger partial charge is 0.221 e. The van der Waals surface area contributed by atoms with E-state index in [0.29, 0.717) is 28.6 Å². The summed E-state index contributed by atoms with van der Waals surface area (Å²) in [7, 11) is 0. The Morgan fingerprint density at radius 1 is 1.23 bits per heavy atom. The van der Waals surface area contributed by atoms with Crippen molar-refractivity contribution in [3.05, 3.63) is 52.4 Å². The van der Waals surface area contributed by atoms with Crippen LogP contribution in [0.5, 0.6) is 5.75 Å². The predicted octanol–water partition coefficient (Wildman–Crippen LogP) is 4.73. The van der Waals surface area contributed by atoms with Crippen molar-refractivity contribution >= 4 is 34.0 Å². The first-order valence-electron chi connectivity index (χ1n) is 8.59. The maximum Gasteiger partial charge on any atom is 0.221 e. The van der Waals surface area contributed by atoms with Crippen LogP contribution in [0.2, 0.25) is 0 Å². The van der Waals surface area contributed by atoms with Gasteiger partial charge in [0.15, 0.2) is 17.1 Å². The van der Waals surface area contributed by atoms with Crippen molar-refractivity contribution in [2.24, 2.45) is 0 Å². The molecule has 0 fully saturated rings. The van der Waals surface area contributed by atoms with Gasteiger partial charge in [0.25, 0.3) is 0 Å². The van der Waals surface area contributed by atoms with E-state index in [9.17, 15) is 9.59 Å². The number of Topliss-reactive ketones (excluding diaryl/α,β-unsaturated/α-hetero) is 1. The molecular weight excluding hydrogens is 350 g/mol. The number of hydrogen-bond acceptors (Lipinski definition) is 5. The molecule has 136 valence electrons. The first-order valence-corrected chi connectivity index (χ1v) is 9.47. The fourth-order valence-electron chi connectivity index (χ4n) is 2.71. The molecule has 0 aliphatic carbocycles. The molecule has 3 aromatic rings. The lowest BCUT2D eigenvalue weighted by molar-refractivity contribution is -0.121. The molecule has 0 spiro atoms. The van der Waals surface area contributed by atoms with Gasteiger partial charge in [-0.05, 0) is 37.4 Å². The minimum atomic E-state index is -0.291. The Morgan fingerprint density at radius 3 is 2.81 bits per heavy atom. The van der Waals surface area contributed by atoms with Crippen LogP contribution >= 0.6 is 11.3 Å². The largest absolute Gasteiger partial charge is 0.490 e. The van der Waals surface area contributed by atoms with Gasteiger partial charge >= 0.3 is 0 Å². The summed E-state index contributed by atoms with van der Waals surface area (Å²) in [6.07, 6.45) is 0.360. The van der Waals surface area contributed by atoms with Crippen LogP contribution in [0, 0.1) is 0 Å². The number of carbonyl (C=O) groups excluding carboxylic acids is 2. The molecule has 0 aliphatic rings. The van der Waals surface area contributed by atoms with Crippen LogP contribution in [-0.2, 0) is 4.79 Å². The molecule has 0 bridgehead atoms. The lowest BCUT2D eigenvalue weighted by atomic mass is 10.1. The van der Waals surface area contributed by atoms with E-state index in [0.717, 1.165) is 5.39 Å². The summed E-state index contributed by atoms with van der Waals surface area (Å²) in [6.45, 7) is 4.33. The van der Waals surface area contributed by atoms with Crippen molar-refractivity contribution in [3.8, 4) is 5.75 Å². The third kappa shape index (κ3) is 4.14. The van der Waals surface area contributed by atoms with Gasteiger partial charge in [-0.1, -0.05) is 18.2 Å². The maximum atomic E-state index is 12.2. The van der Waals surface area contributed by atoms with Crippen LogP contribution in [-0.4, -0.2) is 18.3 Å². The average molecular weight is 371 g/mol. The Labute approximate surface area is 156 Å². The normalized spacial score (nSPS) is 12.1. The Balaban J connectivity index is 1.61. The Bertz CT molecular complexity index is 898. The number of carbonyl (C=O) groups is 2. The number of ether oxygens (including phenoxy) is 1. The first kappa shape index (κ1) is 18.2. The minimum Gasteiger partial charge on any atom is -0.490 e. The number of hydrogen-bond donors (Lipinski definition) is 1. The van der Waals surface area contributed by atoms with Crippen molar-refractivity contribution in [3.63, 3.8) is 0 Å². The van der Waals surface area contributed by atoms with Crippen LogP contribution in [0.15, 0.2) is 46.2 Å². The lowest BCUT2D eigenvalue weighted by Gasteiger charge is -2.11. The Kier molecular flexibility index (Phi) is 5.73. The number of nitrogens with one attached hydrogen (secondary N) is 1. The molecule has 0 saturated heterocycles. The first-order chi connectivity index (χ1) is 12.6. The van der Waals surface area contributed by atoms with Gasteiger partial charge in [-0.2, -0.15) is 0 Å². The average Bonchev–Trinajstić information content (AvgIpc) is 3.30. The van der Waals surface area contributed by atoms with E-state index < -0.39 is 0 Å². The number of para-hydroxylation sites is 1. The van der Waals surface area contributed by atoms with Crippen LogP contribution in [0.3, 0.4) is 0 Å². The van der Waals surface area contributed by atoms with Gasteiger partial charge in [0.1, 0.15) is 5.76 Å². The van der Waals surface area contributed by atoms with E-state index in [1.54, 1.807) is 6.07 Å². The minimum absolute atomic E-state index is 0.00658. The van der Waals surface area contributed by atoms with Crippen LogP contribution in [0.1, 0.15) is 48.2 Å². The molecule has 1 atom stereocenters. The number of thiophene rings is 1. The fraction of sp³-hybridized carbons (Fsp3) is 0.300. The van der Waals surface area contributed by atoms with Gasteiger partial charge < -0.3 is 14.5 Å².